The molecule has 0 bridgehead atoms. The van der Waals surface area contributed by atoms with Crippen LogP contribution in [0, 0.1) is 5.82 Å². The van der Waals surface area contributed by atoms with E-state index in [4.69, 9.17) is 0 Å². The first-order valence-corrected chi connectivity index (χ1v) is 5.65. The molecular formula is C13H15FN2O2. The second-order valence-corrected chi connectivity index (χ2v) is 5.31. The van der Waals surface area contributed by atoms with Gasteiger partial charge in [-0.3, -0.25) is 13.9 Å². The van der Waals surface area contributed by atoms with E-state index in [1.165, 1.54) is 34.4 Å². The van der Waals surface area contributed by atoms with E-state index in [1.807, 2.05) is 0 Å². The minimum absolute atomic E-state index is 0.311. The molecule has 0 aliphatic carbocycles. The van der Waals surface area contributed by atoms with Crippen LogP contribution in [0.2, 0.25) is 0 Å². The number of halogens is 1. The third kappa shape index (κ3) is 1.75. The van der Waals surface area contributed by atoms with Crippen molar-refractivity contribution in [3.8, 4) is 0 Å². The highest BCUT2D eigenvalue weighted by Crippen LogP contribution is 2.13. The SMILES string of the molecule is Cn1c(=O)n(C(C)(C)C)c(=O)c2ccc(F)cc21. The van der Waals surface area contributed by atoms with Crippen LogP contribution in [0.4, 0.5) is 4.39 Å². The molecule has 0 fully saturated rings. The summed E-state index contributed by atoms with van der Waals surface area (Å²) in [6.07, 6.45) is 0. The molecule has 2 rings (SSSR count). The lowest BCUT2D eigenvalue weighted by atomic mass is 10.1. The van der Waals surface area contributed by atoms with Crippen LogP contribution < -0.4 is 11.2 Å². The number of hydrogen-bond donors (Lipinski definition) is 0. The quantitative estimate of drug-likeness (QED) is 0.712. The zero-order valence-corrected chi connectivity index (χ0v) is 10.8. The molecule has 1 heterocycles. The average molecular weight is 250 g/mol. The number of nitrogens with zero attached hydrogens (tertiary/aromatic N) is 2. The zero-order valence-electron chi connectivity index (χ0n) is 10.8. The number of aromatic nitrogens is 2. The number of rotatable bonds is 0. The van der Waals surface area contributed by atoms with Gasteiger partial charge in [0, 0.05) is 12.6 Å². The van der Waals surface area contributed by atoms with Crippen molar-refractivity contribution in [1.82, 2.24) is 9.13 Å². The summed E-state index contributed by atoms with van der Waals surface area (Å²) in [5, 5.41) is 0.341. The van der Waals surface area contributed by atoms with Gasteiger partial charge in [0.15, 0.2) is 0 Å². The second kappa shape index (κ2) is 3.80. The van der Waals surface area contributed by atoms with E-state index in [9.17, 15) is 14.0 Å². The Hall–Kier alpha value is -1.91. The maximum Gasteiger partial charge on any atom is 0.331 e. The van der Waals surface area contributed by atoms with Gasteiger partial charge in [-0.25, -0.2) is 9.18 Å². The van der Waals surface area contributed by atoms with Crippen LogP contribution in [0.3, 0.4) is 0 Å². The molecule has 0 unspecified atom stereocenters. The molecule has 4 nitrogen and oxygen atoms in total. The van der Waals surface area contributed by atoms with Crippen LogP contribution in [-0.2, 0) is 12.6 Å². The van der Waals surface area contributed by atoms with Crippen molar-refractivity contribution in [2.24, 2.45) is 7.05 Å². The molecule has 1 aromatic carbocycles. The summed E-state index contributed by atoms with van der Waals surface area (Å²) in [5.41, 5.74) is -1.13. The Labute approximate surface area is 103 Å². The molecule has 0 N–H and O–H groups in total. The normalized spacial score (nSPS) is 12.1. The van der Waals surface area contributed by atoms with Crippen LogP contribution in [0.25, 0.3) is 10.9 Å². The van der Waals surface area contributed by atoms with Gasteiger partial charge in [0.2, 0.25) is 0 Å². The number of fused-ring (bicyclic) bond motifs is 1. The molecule has 1 aromatic heterocycles. The molecule has 0 saturated carbocycles. The van der Waals surface area contributed by atoms with Crippen molar-refractivity contribution in [2.45, 2.75) is 26.3 Å². The molecule has 0 amide bonds. The molecule has 2 aromatic rings. The molecule has 0 aliphatic rings. The van der Waals surface area contributed by atoms with Gasteiger partial charge in [0.25, 0.3) is 5.56 Å². The monoisotopic (exact) mass is 250 g/mol. The van der Waals surface area contributed by atoms with Gasteiger partial charge in [-0.15, -0.1) is 0 Å². The van der Waals surface area contributed by atoms with Gasteiger partial charge in [-0.1, -0.05) is 0 Å². The molecule has 0 radical (unpaired) electrons. The second-order valence-electron chi connectivity index (χ2n) is 5.31. The lowest BCUT2D eigenvalue weighted by Crippen LogP contribution is -2.47. The summed E-state index contributed by atoms with van der Waals surface area (Å²) in [4.78, 5) is 24.5. The molecule has 5 heteroatoms. The van der Waals surface area contributed by atoms with Crippen molar-refractivity contribution in [2.75, 3.05) is 0 Å². The number of benzene rings is 1. The Kier molecular flexibility index (Phi) is 2.65. The Balaban J connectivity index is 3.08. The first-order valence-electron chi connectivity index (χ1n) is 5.65. The molecule has 0 atom stereocenters. The average Bonchev–Trinajstić information content (AvgIpc) is 2.24. The van der Waals surface area contributed by atoms with E-state index in [-0.39, 0.29) is 5.56 Å². The molecule has 0 spiro atoms. The Bertz CT molecular complexity index is 735. The predicted molar refractivity (Wildman–Crippen MR) is 68.4 cm³/mol. The van der Waals surface area contributed by atoms with E-state index in [1.54, 1.807) is 20.8 Å². The van der Waals surface area contributed by atoms with E-state index in [2.05, 4.69) is 0 Å². The largest absolute Gasteiger partial charge is 0.331 e. The zero-order chi connectivity index (χ0) is 13.7. The summed E-state index contributed by atoms with van der Waals surface area (Å²) in [6.45, 7) is 5.35. The summed E-state index contributed by atoms with van der Waals surface area (Å²) >= 11 is 0. The highest BCUT2D eigenvalue weighted by molar-refractivity contribution is 5.77. The third-order valence-corrected chi connectivity index (χ3v) is 2.90. The summed E-state index contributed by atoms with van der Waals surface area (Å²) in [5.74, 6) is -0.467. The Morgan fingerprint density at radius 1 is 1.17 bits per heavy atom. The fourth-order valence-corrected chi connectivity index (χ4v) is 2.02. The maximum atomic E-state index is 13.2. The Morgan fingerprint density at radius 2 is 1.78 bits per heavy atom. The summed E-state index contributed by atoms with van der Waals surface area (Å²) in [7, 11) is 1.53. The van der Waals surface area contributed by atoms with Crippen LogP contribution in [0.1, 0.15) is 20.8 Å². The van der Waals surface area contributed by atoms with Gasteiger partial charge in [0.05, 0.1) is 10.9 Å². The summed E-state index contributed by atoms with van der Waals surface area (Å²) in [6, 6.07) is 3.83. The van der Waals surface area contributed by atoms with Gasteiger partial charge >= 0.3 is 5.69 Å². The van der Waals surface area contributed by atoms with E-state index in [0.29, 0.717) is 10.9 Å². The fourth-order valence-electron chi connectivity index (χ4n) is 2.02. The molecular weight excluding hydrogens is 235 g/mol. The first kappa shape index (κ1) is 12.5. The van der Waals surface area contributed by atoms with Crippen molar-refractivity contribution in [1.29, 1.82) is 0 Å². The lowest BCUT2D eigenvalue weighted by molar-refractivity contribution is 0.362. The van der Waals surface area contributed by atoms with E-state index >= 15 is 0 Å². The van der Waals surface area contributed by atoms with Crippen molar-refractivity contribution in [3.63, 3.8) is 0 Å². The maximum absolute atomic E-state index is 13.2. The van der Waals surface area contributed by atoms with Crippen molar-refractivity contribution in [3.05, 3.63) is 44.9 Å². The fraction of sp³-hybridized carbons (Fsp3) is 0.385. The first-order chi connectivity index (χ1) is 8.23. The molecule has 0 saturated heterocycles. The van der Waals surface area contributed by atoms with E-state index < -0.39 is 17.0 Å². The van der Waals surface area contributed by atoms with Crippen molar-refractivity contribution >= 4 is 10.9 Å². The highest BCUT2D eigenvalue weighted by Gasteiger charge is 2.21. The topological polar surface area (TPSA) is 44.0 Å². The van der Waals surface area contributed by atoms with Gasteiger partial charge in [-0.2, -0.15) is 0 Å². The van der Waals surface area contributed by atoms with Gasteiger partial charge < -0.3 is 0 Å². The Morgan fingerprint density at radius 3 is 2.33 bits per heavy atom. The predicted octanol–water partition coefficient (Wildman–Crippen LogP) is 1.59. The highest BCUT2D eigenvalue weighted by atomic mass is 19.1. The van der Waals surface area contributed by atoms with Crippen LogP contribution in [0.15, 0.2) is 27.8 Å². The standard InChI is InChI=1S/C13H15FN2O2/c1-13(2,3)16-11(17)9-6-5-8(14)7-10(9)15(4)12(16)18/h5-7H,1-4H3. The minimum atomic E-state index is -0.617. The van der Waals surface area contributed by atoms with Crippen LogP contribution >= 0.6 is 0 Å². The van der Waals surface area contributed by atoms with Crippen LogP contribution in [-0.4, -0.2) is 9.13 Å². The lowest BCUT2D eigenvalue weighted by Gasteiger charge is -2.22. The van der Waals surface area contributed by atoms with Crippen LogP contribution in [0.5, 0.6) is 0 Å². The molecule has 0 aliphatic heterocycles. The summed E-state index contributed by atoms with van der Waals surface area (Å²) < 4.78 is 15.7. The number of hydrogen-bond acceptors (Lipinski definition) is 2. The smallest absolute Gasteiger partial charge is 0.296 e. The molecule has 18 heavy (non-hydrogen) atoms. The van der Waals surface area contributed by atoms with E-state index in [0.717, 1.165) is 0 Å². The molecule has 96 valence electrons. The minimum Gasteiger partial charge on any atom is -0.296 e. The third-order valence-electron chi connectivity index (χ3n) is 2.90. The van der Waals surface area contributed by atoms with Gasteiger partial charge in [0.1, 0.15) is 5.82 Å². The number of aryl methyl sites for hydroxylation is 1. The van der Waals surface area contributed by atoms with Crippen molar-refractivity contribution < 1.29 is 4.39 Å². The van der Waals surface area contributed by atoms with Gasteiger partial charge in [-0.05, 0) is 39.0 Å².